The van der Waals surface area contributed by atoms with E-state index >= 15 is 0 Å². The SMILES string of the molecule is CC1(C)c2ccc(-c3ccc4c(c3)C(C)(C)c3c-4ccc4c3oc3c5ccccc5ccc43)cc2-c2ccc(-c3c4ccccc4c(-c4cccc5ccccc45)c4ccccc34)cc21. The zero-order valence-electron chi connectivity index (χ0n) is 36.9. The molecule has 0 atom stereocenters. The lowest BCUT2D eigenvalue weighted by Gasteiger charge is -2.23. The Hall–Kier alpha value is -7.74. The van der Waals surface area contributed by atoms with E-state index in [1.807, 2.05) is 0 Å². The van der Waals surface area contributed by atoms with Gasteiger partial charge in [-0.05, 0) is 140 Å². The minimum absolute atomic E-state index is 0.168. The molecule has 0 fully saturated rings. The van der Waals surface area contributed by atoms with E-state index in [1.54, 1.807) is 0 Å². The van der Waals surface area contributed by atoms with Crippen LogP contribution < -0.4 is 0 Å². The average molecular weight is 829 g/mol. The summed E-state index contributed by atoms with van der Waals surface area (Å²) < 4.78 is 6.91. The molecular formula is C64H44O. The van der Waals surface area contributed by atoms with Crippen LogP contribution in [-0.4, -0.2) is 0 Å². The van der Waals surface area contributed by atoms with Gasteiger partial charge in [-0.1, -0.05) is 191 Å². The van der Waals surface area contributed by atoms with E-state index in [4.69, 9.17) is 4.42 Å². The molecule has 0 spiro atoms. The van der Waals surface area contributed by atoms with Gasteiger partial charge in [-0.3, -0.25) is 0 Å². The van der Waals surface area contributed by atoms with Crippen LogP contribution in [0.2, 0.25) is 0 Å². The van der Waals surface area contributed by atoms with Gasteiger partial charge in [0, 0.05) is 32.6 Å². The smallest absolute Gasteiger partial charge is 0.143 e. The maximum absolute atomic E-state index is 6.91. The number of hydrogen-bond donors (Lipinski definition) is 0. The zero-order chi connectivity index (χ0) is 43.3. The summed E-state index contributed by atoms with van der Waals surface area (Å²) in [5.74, 6) is 0. The fourth-order valence-corrected chi connectivity index (χ4v) is 12.3. The predicted molar refractivity (Wildman–Crippen MR) is 275 cm³/mol. The predicted octanol–water partition coefficient (Wildman–Crippen LogP) is 17.8. The van der Waals surface area contributed by atoms with Gasteiger partial charge in [0.05, 0.1) is 0 Å². The Balaban J connectivity index is 0.885. The molecule has 1 nitrogen and oxygen atoms in total. The van der Waals surface area contributed by atoms with Gasteiger partial charge < -0.3 is 4.42 Å². The third kappa shape index (κ3) is 4.93. The van der Waals surface area contributed by atoms with Gasteiger partial charge in [0.15, 0.2) is 0 Å². The number of fused-ring (bicyclic) bond motifs is 15. The fraction of sp³-hybridized carbons (Fsp3) is 0.0938. The van der Waals surface area contributed by atoms with Crippen molar-refractivity contribution < 1.29 is 4.42 Å². The summed E-state index contributed by atoms with van der Waals surface area (Å²) in [4.78, 5) is 0. The summed E-state index contributed by atoms with van der Waals surface area (Å²) in [5, 5.41) is 12.4. The molecular weight excluding hydrogens is 785 g/mol. The molecule has 2 aliphatic carbocycles. The van der Waals surface area contributed by atoms with Gasteiger partial charge in [-0.25, -0.2) is 0 Å². The van der Waals surface area contributed by atoms with Crippen LogP contribution in [0.1, 0.15) is 49.9 Å². The molecule has 0 saturated heterocycles. The molecule has 0 N–H and O–H groups in total. The number of furan rings is 1. The summed E-state index contributed by atoms with van der Waals surface area (Å²) in [6.07, 6.45) is 0. The van der Waals surface area contributed by atoms with Crippen LogP contribution in [0.25, 0.3) is 121 Å². The first-order valence-corrected chi connectivity index (χ1v) is 23.0. The normalized spacial score (nSPS) is 14.4. The molecule has 2 aliphatic rings. The highest BCUT2D eigenvalue weighted by Crippen LogP contribution is 2.56. The molecule has 0 amide bonds. The summed E-state index contributed by atoms with van der Waals surface area (Å²) in [5.41, 5.74) is 19.8. The Morgan fingerprint density at radius 2 is 0.800 bits per heavy atom. The topological polar surface area (TPSA) is 13.1 Å². The Bertz CT molecular complexity index is 4000. The molecule has 0 aliphatic heterocycles. The van der Waals surface area contributed by atoms with Crippen molar-refractivity contribution in [2.24, 2.45) is 0 Å². The van der Waals surface area contributed by atoms with Crippen molar-refractivity contribution in [3.05, 3.63) is 216 Å². The Morgan fingerprint density at radius 3 is 1.54 bits per heavy atom. The second kappa shape index (κ2) is 12.9. The molecule has 11 aromatic carbocycles. The van der Waals surface area contributed by atoms with E-state index in [1.165, 1.54) is 126 Å². The van der Waals surface area contributed by atoms with Crippen LogP contribution in [0.15, 0.2) is 199 Å². The van der Waals surface area contributed by atoms with Gasteiger partial charge >= 0.3 is 0 Å². The summed E-state index contributed by atoms with van der Waals surface area (Å²) in [6.45, 7) is 9.54. The van der Waals surface area contributed by atoms with E-state index in [-0.39, 0.29) is 10.8 Å². The maximum Gasteiger partial charge on any atom is 0.143 e. The van der Waals surface area contributed by atoms with E-state index in [9.17, 15) is 0 Å². The second-order valence-corrected chi connectivity index (χ2v) is 19.5. The van der Waals surface area contributed by atoms with E-state index in [0.717, 1.165) is 16.6 Å². The Labute approximate surface area is 378 Å². The highest BCUT2D eigenvalue weighted by atomic mass is 16.3. The Morgan fingerprint density at radius 1 is 0.292 bits per heavy atom. The summed E-state index contributed by atoms with van der Waals surface area (Å²) in [6, 6.07) is 72.7. The number of rotatable bonds is 3. The first kappa shape index (κ1) is 36.7. The van der Waals surface area contributed by atoms with Crippen LogP contribution >= 0.6 is 0 Å². The molecule has 1 aromatic heterocycles. The van der Waals surface area contributed by atoms with Gasteiger partial charge in [-0.15, -0.1) is 0 Å². The van der Waals surface area contributed by atoms with Gasteiger partial charge in [-0.2, -0.15) is 0 Å². The maximum atomic E-state index is 6.91. The minimum atomic E-state index is -0.243. The lowest BCUT2D eigenvalue weighted by molar-refractivity contribution is 0.621. The molecule has 0 bridgehead atoms. The molecule has 65 heavy (non-hydrogen) atoms. The van der Waals surface area contributed by atoms with Gasteiger partial charge in [0.2, 0.25) is 0 Å². The molecule has 306 valence electrons. The highest BCUT2D eigenvalue weighted by Gasteiger charge is 2.40. The standard InChI is InChI=1S/C64H44O/c1-63(2)55-33-27-39(40-25-28-44-51-31-32-53-52-30-24-38-15-6-8-18-43(38)61(52)65-62(53)60(51)64(3,4)57(44)35-40)34-54(55)45-29-26-41(36-56(45)63)58-47-19-9-11-21-49(47)59(50-22-12-10-20-48(50)58)46-23-13-16-37-14-5-7-17-42(37)46/h5-36H,1-4H3. The van der Waals surface area contributed by atoms with Crippen molar-refractivity contribution in [1.29, 1.82) is 0 Å². The number of hydrogen-bond acceptors (Lipinski definition) is 1. The van der Waals surface area contributed by atoms with Crippen molar-refractivity contribution in [3.8, 4) is 55.6 Å². The van der Waals surface area contributed by atoms with Crippen molar-refractivity contribution in [3.63, 3.8) is 0 Å². The molecule has 14 rings (SSSR count). The van der Waals surface area contributed by atoms with E-state index in [0.29, 0.717) is 0 Å². The van der Waals surface area contributed by atoms with Crippen LogP contribution in [-0.2, 0) is 10.8 Å². The number of benzene rings is 11. The van der Waals surface area contributed by atoms with Gasteiger partial charge in [0.1, 0.15) is 11.2 Å². The molecule has 1 heteroatoms. The monoisotopic (exact) mass is 828 g/mol. The van der Waals surface area contributed by atoms with E-state index < -0.39 is 0 Å². The zero-order valence-corrected chi connectivity index (χ0v) is 36.9. The average Bonchev–Trinajstić information content (AvgIpc) is 3.92. The van der Waals surface area contributed by atoms with Crippen molar-refractivity contribution in [2.45, 2.75) is 38.5 Å². The molecule has 1 heterocycles. The summed E-state index contributed by atoms with van der Waals surface area (Å²) >= 11 is 0. The first-order valence-electron chi connectivity index (χ1n) is 23.0. The quantitative estimate of drug-likeness (QED) is 0.162. The first-order chi connectivity index (χ1) is 31.8. The Kier molecular flexibility index (Phi) is 7.30. The molecule has 12 aromatic rings. The van der Waals surface area contributed by atoms with Crippen molar-refractivity contribution in [2.75, 3.05) is 0 Å². The molecule has 0 radical (unpaired) electrons. The second-order valence-electron chi connectivity index (χ2n) is 19.5. The summed E-state index contributed by atoms with van der Waals surface area (Å²) in [7, 11) is 0. The third-order valence-electron chi connectivity index (χ3n) is 15.4. The highest BCUT2D eigenvalue weighted by molar-refractivity contribution is 6.24. The van der Waals surface area contributed by atoms with Crippen LogP contribution in [0, 0.1) is 0 Å². The van der Waals surface area contributed by atoms with Crippen molar-refractivity contribution >= 4 is 65.0 Å². The van der Waals surface area contributed by atoms with Crippen LogP contribution in [0.4, 0.5) is 0 Å². The lowest BCUT2D eigenvalue weighted by Crippen LogP contribution is -2.15. The fourth-order valence-electron chi connectivity index (χ4n) is 12.3. The third-order valence-corrected chi connectivity index (χ3v) is 15.4. The molecule has 0 saturated carbocycles. The van der Waals surface area contributed by atoms with Gasteiger partial charge in [0.25, 0.3) is 0 Å². The largest absolute Gasteiger partial charge is 0.455 e. The van der Waals surface area contributed by atoms with Crippen LogP contribution in [0.3, 0.4) is 0 Å². The van der Waals surface area contributed by atoms with Crippen LogP contribution in [0.5, 0.6) is 0 Å². The minimum Gasteiger partial charge on any atom is -0.455 e. The van der Waals surface area contributed by atoms with E-state index in [2.05, 4.69) is 222 Å². The van der Waals surface area contributed by atoms with Crippen molar-refractivity contribution in [1.82, 2.24) is 0 Å². The molecule has 0 unspecified atom stereocenters. The lowest BCUT2D eigenvalue weighted by atomic mass is 9.80.